The summed E-state index contributed by atoms with van der Waals surface area (Å²) in [5.41, 5.74) is 1.19. The Balaban J connectivity index is 1.95. The molecule has 0 saturated heterocycles. The van der Waals surface area contributed by atoms with Crippen LogP contribution in [0.5, 0.6) is 0 Å². The van der Waals surface area contributed by atoms with Gasteiger partial charge in [0.25, 0.3) is 11.5 Å². The average Bonchev–Trinajstić information content (AvgIpc) is 2.76. The lowest BCUT2D eigenvalue weighted by molar-refractivity contribution is 0.0942. The number of nitrogens with zero attached hydrogens (tertiary/aromatic N) is 2. The predicted octanol–water partition coefficient (Wildman–Crippen LogP) is 3.92. The molecule has 0 saturated carbocycles. The maximum absolute atomic E-state index is 13.1. The Kier molecular flexibility index (Phi) is 8.22. The van der Waals surface area contributed by atoms with Crippen LogP contribution in [0.4, 0.5) is 0 Å². The van der Waals surface area contributed by atoms with Gasteiger partial charge in [-0.05, 0) is 44.2 Å². The maximum Gasteiger partial charge on any atom is 0.262 e. The van der Waals surface area contributed by atoms with E-state index in [2.05, 4.69) is 26.2 Å². The number of rotatable bonds is 9. The van der Waals surface area contributed by atoms with Crippen LogP contribution in [0.1, 0.15) is 34.6 Å². The fourth-order valence-electron chi connectivity index (χ4n) is 3.03. The first-order valence-electron chi connectivity index (χ1n) is 10.1. The summed E-state index contributed by atoms with van der Waals surface area (Å²) in [7, 11) is 1.56. The number of benzene rings is 2. The molecule has 3 aromatic rings. The van der Waals surface area contributed by atoms with Crippen molar-refractivity contribution in [3.63, 3.8) is 0 Å². The van der Waals surface area contributed by atoms with Gasteiger partial charge < -0.3 is 10.1 Å². The number of carbonyl (C=O) groups is 2. The smallest absolute Gasteiger partial charge is 0.262 e. The summed E-state index contributed by atoms with van der Waals surface area (Å²) in [6, 6.07) is 11.9. The molecule has 0 bridgehead atoms. The fourth-order valence-corrected chi connectivity index (χ4v) is 4.21. The lowest BCUT2D eigenvalue weighted by atomic mass is 10.1. The van der Waals surface area contributed by atoms with Gasteiger partial charge in [0.2, 0.25) is 0 Å². The van der Waals surface area contributed by atoms with Gasteiger partial charge in [0.15, 0.2) is 10.9 Å². The second kappa shape index (κ2) is 10.9. The topological polar surface area (TPSA) is 90.3 Å². The number of Topliss-reactive ketones (excluding diaryl/α,β-unsaturated/α-hetero) is 1. The molecule has 0 spiro atoms. The van der Waals surface area contributed by atoms with Gasteiger partial charge in [0, 0.05) is 28.8 Å². The molecule has 1 N–H and O–H groups in total. The number of ether oxygens (including phenoxy) is 1. The molecule has 0 fully saturated rings. The number of hydrogen-bond acceptors (Lipinski definition) is 6. The van der Waals surface area contributed by atoms with E-state index in [1.165, 1.54) is 16.3 Å². The van der Waals surface area contributed by atoms with E-state index in [9.17, 15) is 14.4 Å². The molecule has 2 aromatic carbocycles. The van der Waals surface area contributed by atoms with E-state index >= 15 is 0 Å². The lowest BCUT2D eigenvalue weighted by Gasteiger charge is -2.13. The average molecular weight is 518 g/mol. The standard InChI is InChI=1S/C23H24BrN3O4S/c1-14(2)25-21(29)16-6-9-18-19(12-16)26-23(27(22(18)30)10-11-31-3)32-13-20(28)15-4-7-17(24)8-5-15/h4-9,12,14H,10-11,13H2,1-3H3,(H,25,29). The number of carbonyl (C=O) groups excluding carboxylic acids is 2. The SMILES string of the molecule is COCCn1c(SCC(=O)c2ccc(Br)cc2)nc2cc(C(=O)NC(C)C)ccc2c1=O. The number of amides is 1. The molecule has 1 amide bonds. The normalized spacial score (nSPS) is 11.2. The van der Waals surface area contributed by atoms with Crippen molar-refractivity contribution < 1.29 is 14.3 Å². The molecule has 1 aromatic heterocycles. The monoisotopic (exact) mass is 517 g/mol. The number of nitrogens with one attached hydrogen (secondary N) is 1. The Labute approximate surface area is 198 Å². The van der Waals surface area contributed by atoms with Crippen LogP contribution in [-0.2, 0) is 11.3 Å². The molecule has 1 heterocycles. The number of methoxy groups -OCH3 is 1. The Morgan fingerprint density at radius 1 is 1.16 bits per heavy atom. The summed E-state index contributed by atoms with van der Waals surface area (Å²) >= 11 is 4.55. The molecule has 0 aliphatic rings. The third-order valence-electron chi connectivity index (χ3n) is 4.62. The van der Waals surface area contributed by atoms with Crippen LogP contribution in [0.2, 0.25) is 0 Å². The van der Waals surface area contributed by atoms with Gasteiger partial charge in [-0.25, -0.2) is 4.98 Å². The fraction of sp³-hybridized carbons (Fsp3) is 0.304. The Bertz CT molecular complexity index is 1190. The van der Waals surface area contributed by atoms with Crippen LogP contribution < -0.4 is 10.9 Å². The van der Waals surface area contributed by atoms with Gasteiger partial charge in [-0.15, -0.1) is 0 Å². The summed E-state index contributed by atoms with van der Waals surface area (Å²) in [5, 5.41) is 3.65. The number of fused-ring (bicyclic) bond motifs is 1. The summed E-state index contributed by atoms with van der Waals surface area (Å²) in [6.07, 6.45) is 0. The molecular weight excluding hydrogens is 494 g/mol. The minimum Gasteiger partial charge on any atom is -0.383 e. The Hall–Kier alpha value is -2.49. The molecule has 0 aliphatic carbocycles. The van der Waals surface area contributed by atoms with Crippen molar-refractivity contribution >= 4 is 50.3 Å². The van der Waals surface area contributed by atoms with Crippen LogP contribution in [0.15, 0.2) is 56.9 Å². The van der Waals surface area contributed by atoms with Crippen LogP contribution in [0.3, 0.4) is 0 Å². The van der Waals surface area contributed by atoms with E-state index < -0.39 is 0 Å². The van der Waals surface area contributed by atoms with Crippen molar-refractivity contribution in [1.82, 2.24) is 14.9 Å². The van der Waals surface area contributed by atoms with Gasteiger partial charge in [0.05, 0.1) is 29.8 Å². The van der Waals surface area contributed by atoms with E-state index in [4.69, 9.17) is 4.74 Å². The number of ketones is 1. The minimum absolute atomic E-state index is 0.0102. The molecule has 9 heteroatoms. The van der Waals surface area contributed by atoms with Crippen LogP contribution in [-0.4, -0.2) is 46.8 Å². The highest BCUT2D eigenvalue weighted by atomic mass is 79.9. The van der Waals surface area contributed by atoms with Crippen molar-refractivity contribution in [2.45, 2.75) is 31.6 Å². The zero-order chi connectivity index (χ0) is 23.3. The van der Waals surface area contributed by atoms with E-state index in [0.29, 0.717) is 40.3 Å². The third kappa shape index (κ3) is 5.85. The zero-order valence-electron chi connectivity index (χ0n) is 18.1. The summed E-state index contributed by atoms with van der Waals surface area (Å²) in [6.45, 7) is 4.39. The highest BCUT2D eigenvalue weighted by Crippen LogP contribution is 2.21. The van der Waals surface area contributed by atoms with Crippen molar-refractivity contribution in [3.8, 4) is 0 Å². The van der Waals surface area contributed by atoms with Gasteiger partial charge in [-0.3, -0.25) is 19.0 Å². The Morgan fingerprint density at radius 3 is 2.50 bits per heavy atom. The van der Waals surface area contributed by atoms with E-state index in [-0.39, 0.29) is 29.0 Å². The van der Waals surface area contributed by atoms with Crippen LogP contribution in [0.25, 0.3) is 10.9 Å². The quantitative estimate of drug-likeness (QED) is 0.263. The van der Waals surface area contributed by atoms with Crippen LogP contribution >= 0.6 is 27.7 Å². The molecule has 0 atom stereocenters. The number of hydrogen-bond donors (Lipinski definition) is 1. The summed E-state index contributed by atoms with van der Waals surface area (Å²) < 4.78 is 7.55. The maximum atomic E-state index is 13.1. The molecule has 32 heavy (non-hydrogen) atoms. The van der Waals surface area contributed by atoms with E-state index in [0.717, 1.165) is 4.47 Å². The molecule has 0 aliphatic heterocycles. The predicted molar refractivity (Wildman–Crippen MR) is 130 cm³/mol. The molecule has 7 nitrogen and oxygen atoms in total. The molecule has 3 rings (SSSR count). The van der Waals surface area contributed by atoms with E-state index in [1.54, 1.807) is 37.4 Å². The Morgan fingerprint density at radius 2 is 1.84 bits per heavy atom. The van der Waals surface area contributed by atoms with Gasteiger partial charge in [-0.1, -0.05) is 39.8 Å². The summed E-state index contributed by atoms with van der Waals surface area (Å²) in [5.74, 6) is -0.174. The highest BCUT2D eigenvalue weighted by Gasteiger charge is 2.16. The molecule has 0 unspecified atom stereocenters. The first-order chi connectivity index (χ1) is 15.3. The molecular formula is C23H24BrN3O4S. The highest BCUT2D eigenvalue weighted by molar-refractivity contribution is 9.10. The third-order valence-corrected chi connectivity index (χ3v) is 6.12. The second-order valence-electron chi connectivity index (χ2n) is 7.42. The van der Waals surface area contributed by atoms with Crippen molar-refractivity contribution in [2.24, 2.45) is 0 Å². The minimum atomic E-state index is -0.235. The van der Waals surface area contributed by atoms with Crippen molar-refractivity contribution in [1.29, 1.82) is 0 Å². The second-order valence-corrected chi connectivity index (χ2v) is 9.28. The van der Waals surface area contributed by atoms with Gasteiger partial charge in [-0.2, -0.15) is 0 Å². The molecule has 0 radical (unpaired) electrons. The zero-order valence-corrected chi connectivity index (χ0v) is 20.5. The first kappa shape index (κ1) is 24.2. The number of aromatic nitrogens is 2. The van der Waals surface area contributed by atoms with Crippen molar-refractivity contribution in [2.75, 3.05) is 19.5 Å². The largest absolute Gasteiger partial charge is 0.383 e. The lowest BCUT2D eigenvalue weighted by Crippen LogP contribution is -2.30. The number of thioether (sulfide) groups is 1. The van der Waals surface area contributed by atoms with Gasteiger partial charge >= 0.3 is 0 Å². The number of halogens is 1. The van der Waals surface area contributed by atoms with E-state index in [1.807, 2.05) is 26.0 Å². The summed E-state index contributed by atoms with van der Waals surface area (Å²) in [4.78, 5) is 42.8. The molecule has 168 valence electrons. The van der Waals surface area contributed by atoms with Crippen molar-refractivity contribution in [3.05, 3.63) is 68.4 Å². The van der Waals surface area contributed by atoms with Crippen LogP contribution in [0, 0.1) is 0 Å². The first-order valence-corrected chi connectivity index (χ1v) is 11.8. The van der Waals surface area contributed by atoms with Gasteiger partial charge in [0.1, 0.15) is 0 Å².